The van der Waals surface area contributed by atoms with Crippen molar-refractivity contribution in [3.63, 3.8) is 0 Å². The highest BCUT2D eigenvalue weighted by molar-refractivity contribution is 9.10. The Balaban J connectivity index is 2.56. The third kappa shape index (κ3) is 3.20. The summed E-state index contributed by atoms with van der Waals surface area (Å²) in [5.74, 6) is 0.643. The molecule has 0 aromatic carbocycles. The maximum atomic E-state index is 10.8. The molecule has 0 spiro atoms. The van der Waals surface area contributed by atoms with Gasteiger partial charge >= 0.3 is 0 Å². The van der Waals surface area contributed by atoms with E-state index in [1.54, 1.807) is 13.2 Å². The van der Waals surface area contributed by atoms with Gasteiger partial charge in [0.25, 0.3) is 0 Å². The van der Waals surface area contributed by atoms with E-state index in [1.165, 1.54) is 12.4 Å². The van der Waals surface area contributed by atoms with Gasteiger partial charge in [-0.15, -0.1) is 0 Å². The number of nitrogens with zero attached hydrogens (tertiary/aromatic N) is 1. The average molecular weight is 248 g/mol. The summed E-state index contributed by atoms with van der Waals surface area (Å²) < 4.78 is 11.5. The van der Waals surface area contributed by atoms with E-state index in [1.807, 2.05) is 0 Å². The van der Waals surface area contributed by atoms with Crippen LogP contribution in [0, 0.1) is 5.21 Å². The molecule has 0 radical (unpaired) electrons. The third-order valence-corrected chi connectivity index (χ3v) is 1.99. The fourth-order valence-electron chi connectivity index (χ4n) is 0.791. The molecule has 13 heavy (non-hydrogen) atoms. The van der Waals surface area contributed by atoms with Gasteiger partial charge in [-0.2, -0.15) is 4.73 Å². The molecule has 0 aliphatic heterocycles. The molecule has 0 saturated heterocycles. The number of hydrogen-bond acceptors (Lipinski definition) is 3. The number of methoxy groups -OCH3 is 1. The van der Waals surface area contributed by atoms with E-state index in [4.69, 9.17) is 9.47 Å². The van der Waals surface area contributed by atoms with Crippen molar-refractivity contribution in [2.45, 2.75) is 0 Å². The highest BCUT2D eigenvalue weighted by atomic mass is 79.9. The molecule has 1 aromatic rings. The summed E-state index contributed by atoms with van der Waals surface area (Å²) in [7, 11) is 1.61. The Morgan fingerprint density at radius 2 is 2.31 bits per heavy atom. The molecular formula is C8H10BrNO3. The first-order valence-corrected chi connectivity index (χ1v) is 4.53. The number of halogens is 1. The second-order valence-electron chi connectivity index (χ2n) is 2.36. The number of rotatable bonds is 4. The van der Waals surface area contributed by atoms with Crippen LogP contribution >= 0.6 is 15.9 Å². The van der Waals surface area contributed by atoms with Gasteiger partial charge in [0.1, 0.15) is 16.8 Å². The number of ether oxygens (including phenoxy) is 2. The van der Waals surface area contributed by atoms with E-state index in [0.29, 0.717) is 28.2 Å². The lowest BCUT2D eigenvalue weighted by Crippen LogP contribution is -2.24. The molecule has 1 rings (SSSR count). The van der Waals surface area contributed by atoms with Gasteiger partial charge in [0, 0.05) is 13.2 Å². The molecular weight excluding hydrogens is 238 g/mol. The van der Waals surface area contributed by atoms with E-state index < -0.39 is 0 Å². The molecule has 0 bridgehead atoms. The Bertz CT molecular complexity index is 280. The lowest BCUT2D eigenvalue weighted by Gasteiger charge is -2.06. The van der Waals surface area contributed by atoms with E-state index in [2.05, 4.69) is 15.9 Å². The van der Waals surface area contributed by atoms with Crippen molar-refractivity contribution in [1.82, 2.24) is 0 Å². The molecule has 0 atom stereocenters. The Labute approximate surface area is 84.8 Å². The molecule has 1 aromatic heterocycles. The summed E-state index contributed by atoms with van der Waals surface area (Å²) in [6.07, 6.45) is 2.77. The molecule has 1 heterocycles. The number of pyridine rings is 1. The smallest absolute Gasteiger partial charge is 0.198 e. The molecule has 0 N–H and O–H groups in total. The number of aromatic nitrogens is 1. The van der Waals surface area contributed by atoms with Gasteiger partial charge in [-0.1, -0.05) is 0 Å². The highest BCUT2D eigenvalue weighted by Gasteiger charge is 2.03. The van der Waals surface area contributed by atoms with Crippen LogP contribution < -0.4 is 9.47 Å². The molecule has 4 nitrogen and oxygen atoms in total. The fraction of sp³-hybridized carbons (Fsp3) is 0.375. The zero-order valence-electron chi connectivity index (χ0n) is 7.20. The van der Waals surface area contributed by atoms with Crippen molar-refractivity contribution < 1.29 is 14.2 Å². The minimum Gasteiger partial charge on any atom is -0.619 e. The van der Waals surface area contributed by atoms with E-state index in [9.17, 15) is 5.21 Å². The number of hydrogen-bond donors (Lipinski definition) is 0. The topological polar surface area (TPSA) is 45.4 Å². The van der Waals surface area contributed by atoms with Crippen molar-refractivity contribution in [1.29, 1.82) is 0 Å². The van der Waals surface area contributed by atoms with Crippen LogP contribution in [0.4, 0.5) is 0 Å². The predicted molar refractivity (Wildman–Crippen MR) is 50.5 cm³/mol. The zero-order valence-corrected chi connectivity index (χ0v) is 8.78. The van der Waals surface area contributed by atoms with Gasteiger partial charge in [0.2, 0.25) is 0 Å². The standard InChI is InChI=1S/C8H10BrNO3/c1-12-4-5-13-8-2-3-10(11)6-7(8)9/h2-3,6H,4-5H2,1H3. The van der Waals surface area contributed by atoms with Crippen LogP contribution in [0.2, 0.25) is 0 Å². The Morgan fingerprint density at radius 3 is 2.92 bits per heavy atom. The predicted octanol–water partition coefficient (Wildman–Crippen LogP) is 1.11. The van der Waals surface area contributed by atoms with Gasteiger partial charge in [-0.3, -0.25) is 0 Å². The van der Waals surface area contributed by atoms with Crippen LogP contribution in [0.5, 0.6) is 5.75 Å². The second-order valence-corrected chi connectivity index (χ2v) is 3.21. The third-order valence-electron chi connectivity index (χ3n) is 1.39. The maximum absolute atomic E-state index is 10.8. The zero-order chi connectivity index (χ0) is 9.68. The summed E-state index contributed by atoms with van der Waals surface area (Å²) in [6, 6.07) is 1.60. The molecule has 0 amide bonds. The quantitative estimate of drug-likeness (QED) is 0.455. The Kier molecular flexibility index (Phi) is 3.98. The summed E-state index contributed by atoms with van der Waals surface area (Å²) in [5.41, 5.74) is 0. The summed E-state index contributed by atoms with van der Waals surface area (Å²) >= 11 is 3.21. The lowest BCUT2D eigenvalue weighted by molar-refractivity contribution is -0.606. The van der Waals surface area contributed by atoms with Crippen molar-refractivity contribution >= 4 is 15.9 Å². The van der Waals surface area contributed by atoms with E-state index in [-0.39, 0.29) is 0 Å². The molecule has 0 fully saturated rings. The van der Waals surface area contributed by atoms with Gasteiger partial charge in [-0.05, 0) is 15.9 Å². The van der Waals surface area contributed by atoms with Crippen molar-refractivity contribution in [3.05, 3.63) is 28.1 Å². The van der Waals surface area contributed by atoms with Gasteiger partial charge < -0.3 is 14.7 Å². The lowest BCUT2D eigenvalue weighted by atomic mass is 10.4. The summed E-state index contributed by atoms with van der Waals surface area (Å²) in [6.45, 7) is 0.997. The molecule has 0 aliphatic rings. The largest absolute Gasteiger partial charge is 0.619 e. The van der Waals surface area contributed by atoms with E-state index >= 15 is 0 Å². The van der Waals surface area contributed by atoms with Crippen LogP contribution in [-0.2, 0) is 4.74 Å². The SMILES string of the molecule is COCCOc1cc[n+]([O-])cc1Br. The van der Waals surface area contributed by atoms with Crippen molar-refractivity contribution in [2.24, 2.45) is 0 Å². The second kappa shape index (κ2) is 5.04. The van der Waals surface area contributed by atoms with Crippen molar-refractivity contribution in [2.75, 3.05) is 20.3 Å². The van der Waals surface area contributed by atoms with Gasteiger partial charge in [0.05, 0.1) is 6.61 Å². The van der Waals surface area contributed by atoms with Crippen LogP contribution in [-0.4, -0.2) is 20.3 Å². The Morgan fingerprint density at radius 1 is 1.54 bits per heavy atom. The summed E-state index contributed by atoms with van der Waals surface area (Å²) in [4.78, 5) is 0. The van der Waals surface area contributed by atoms with Crippen molar-refractivity contribution in [3.8, 4) is 5.75 Å². The van der Waals surface area contributed by atoms with Crippen LogP contribution in [0.15, 0.2) is 22.9 Å². The molecule has 5 heteroatoms. The highest BCUT2D eigenvalue weighted by Crippen LogP contribution is 2.21. The molecule has 0 aliphatic carbocycles. The maximum Gasteiger partial charge on any atom is 0.198 e. The van der Waals surface area contributed by atoms with Crippen LogP contribution in [0.25, 0.3) is 0 Å². The minimum atomic E-state index is 0.470. The summed E-state index contributed by atoms with van der Waals surface area (Å²) in [5, 5.41) is 10.8. The minimum absolute atomic E-state index is 0.470. The first-order chi connectivity index (χ1) is 6.24. The first-order valence-electron chi connectivity index (χ1n) is 3.74. The molecule has 0 unspecified atom stereocenters. The Hall–Kier alpha value is -0.810. The van der Waals surface area contributed by atoms with Gasteiger partial charge in [-0.25, -0.2) is 0 Å². The van der Waals surface area contributed by atoms with Gasteiger partial charge in [0.15, 0.2) is 12.4 Å². The van der Waals surface area contributed by atoms with Crippen LogP contribution in [0.3, 0.4) is 0 Å². The first kappa shape index (κ1) is 10.3. The normalized spacial score (nSPS) is 10.0. The fourth-order valence-corrected chi connectivity index (χ4v) is 1.24. The molecule has 72 valence electrons. The average Bonchev–Trinajstić information content (AvgIpc) is 2.09. The monoisotopic (exact) mass is 247 g/mol. The van der Waals surface area contributed by atoms with Crippen LogP contribution in [0.1, 0.15) is 0 Å². The molecule has 0 saturated carbocycles. The van der Waals surface area contributed by atoms with E-state index in [0.717, 1.165) is 0 Å².